The van der Waals surface area contributed by atoms with E-state index < -0.39 is 0 Å². The molecule has 3 heterocycles. The number of aryl methyl sites for hydroxylation is 1. The lowest BCUT2D eigenvalue weighted by Gasteiger charge is -2.35. The van der Waals surface area contributed by atoms with E-state index in [1.54, 1.807) is 17.5 Å². The number of hydrogen-bond donors (Lipinski definition) is 1. The second-order valence-corrected chi connectivity index (χ2v) is 8.89. The SMILES string of the molecule is CC(=O)NC(c1nccs1)C1CCN(C(=O)c2noc3c2CC(C)CC3)CC1. The molecule has 1 aliphatic heterocycles. The van der Waals surface area contributed by atoms with E-state index in [9.17, 15) is 9.59 Å². The molecule has 2 aromatic rings. The Morgan fingerprint density at radius 1 is 1.32 bits per heavy atom. The topological polar surface area (TPSA) is 88.3 Å². The lowest BCUT2D eigenvalue weighted by Crippen LogP contribution is -2.43. The maximum absolute atomic E-state index is 13.0. The molecule has 1 aliphatic carbocycles. The van der Waals surface area contributed by atoms with Crippen molar-refractivity contribution in [2.45, 2.75) is 52.0 Å². The van der Waals surface area contributed by atoms with Gasteiger partial charge in [0.05, 0.1) is 6.04 Å². The number of nitrogens with zero attached hydrogens (tertiary/aromatic N) is 3. The number of hydrogen-bond acceptors (Lipinski definition) is 6. The van der Waals surface area contributed by atoms with Crippen molar-refractivity contribution >= 4 is 23.2 Å². The largest absolute Gasteiger partial charge is 0.360 e. The van der Waals surface area contributed by atoms with Gasteiger partial charge in [0.1, 0.15) is 10.8 Å². The third-order valence-electron chi connectivity index (χ3n) is 5.86. The van der Waals surface area contributed by atoms with Crippen LogP contribution in [-0.2, 0) is 17.6 Å². The molecule has 150 valence electrons. The van der Waals surface area contributed by atoms with Crippen LogP contribution in [0.4, 0.5) is 0 Å². The van der Waals surface area contributed by atoms with Gasteiger partial charge >= 0.3 is 0 Å². The van der Waals surface area contributed by atoms with Crippen LogP contribution < -0.4 is 5.32 Å². The van der Waals surface area contributed by atoms with Gasteiger partial charge in [0.15, 0.2) is 5.69 Å². The molecular formula is C20H26N4O3S. The van der Waals surface area contributed by atoms with Crippen LogP contribution in [0.1, 0.15) is 66.0 Å². The van der Waals surface area contributed by atoms with Crippen molar-refractivity contribution in [2.24, 2.45) is 11.8 Å². The van der Waals surface area contributed by atoms with E-state index in [2.05, 4.69) is 22.4 Å². The summed E-state index contributed by atoms with van der Waals surface area (Å²) in [6.45, 7) is 5.05. The highest BCUT2D eigenvalue weighted by Crippen LogP contribution is 2.33. The Hall–Kier alpha value is -2.22. The maximum Gasteiger partial charge on any atom is 0.276 e. The summed E-state index contributed by atoms with van der Waals surface area (Å²) < 4.78 is 5.45. The average molecular weight is 403 g/mol. The number of carbonyl (C=O) groups excluding carboxylic acids is 2. The second-order valence-electron chi connectivity index (χ2n) is 7.96. The molecule has 7 nitrogen and oxygen atoms in total. The average Bonchev–Trinajstić information content (AvgIpc) is 3.35. The number of amides is 2. The molecule has 1 N–H and O–H groups in total. The normalized spacial score (nSPS) is 21.2. The zero-order valence-electron chi connectivity index (χ0n) is 16.3. The first kappa shape index (κ1) is 19.1. The first-order chi connectivity index (χ1) is 13.5. The van der Waals surface area contributed by atoms with E-state index in [-0.39, 0.29) is 23.8 Å². The third kappa shape index (κ3) is 3.83. The van der Waals surface area contributed by atoms with Crippen LogP contribution in [0.15, 0.2) is 16.1 Å². The number of carbonyl (C=O) groups is 2. The first-order valence-electron chi connectivity index (χ1n) is 9.96. The molecule has 2 aromatic heterocycles. The fourth-order valence-corrected chi connectivity index (χ4v) is 5.10. The third-order valence-corrected chi connectivity index (χ3v) is 6.72. The van der Waals surface area contributed by atoms with E-state index in [0.717, 1.165) is 48.4 Å². The van der Waals surface area contributed by atoms with Crippen LogP contribution >= 0.6 is 11.3 Å². The summed E-state index contributed by atoms with van der Waals surface area (Å²) in [7, 11) is 0. The number of aromatic nitrogens is 2. The van der Waals surface area contributed by atoms with Crippen molar-refractivity contribution in [3.8, 4) is 0 Å². The smallest absolute Gasteiger partial charge is 0.276 e. The summed E-state index contributed by atoms with van der Waals surface area (Å²) in [4.78, 5) is 31.0. The highest BCUT2D eigenvalue weighted by molar-refractivity contribution is 7.09. The van der Waals surface area contributed by atoms with E-state index in [1.165, 1.54) is 6.92 Å². The number of fused-ring (bicyclic) bond motifs is 1. The molecule has 2 amide bonds. The molecule has 8 heteroatoms. The number of likely N-dealkylation sites (tertiary alicyclic amines) is 1. The van der Waals surface area contributed by atoms with Gasteiger partial charge in [-0.2, -0.15) is 0 Å². The zero-order valence-corrected chi connectivity index (χ0v) is 17.1. The summed E-state index contributed by atoms with van der Waals surface area (Å²) >= 11 is 1.56. The number of thiazole rings is 1. The van der Waals surface area contributed by atoms with Gasteiger partial charge in [0.25, 0.3) is 5.91 Å². The van der Waals surface area contributed by atoms with Crippen molar-refractivity contribution in [2.75, 3.05) is 13.1 Å². The molecule has 1 saturated heterocycles. The predicted octanol–water partition coefficient (Wildman–Crippen LogP) is 2.99. The maximum atomic E-state index is 13.0. The van der Waals surface area contributed by atoms with Crippen LogP contribution in [-0.4, -0.2) is 39.9 Å². The number of nitrogens with one attached hydrogen (secondary N) is 1. The van der Waals surface area contributed by atoms with Gasteiger partial charge < -0.3 is 14.7 Å². The molecule has 2 aliphatic rings. The fraction of sp³-hybridized carbons (Fsp3) is 0.600. The van der Waals surface area contributed by atoms with Crippen LogP contribution in [0.2, 0.25) is 0 Å². The molecule has 2 atom stereocenters. The molecule has 0 spiro atoms. The predicted molar refractivity (Wildman–Crippen MR) is 105 cm³/mol. The standard InChI is InChI=1S/C20H26N4O3S/c1-12-3-4-16-15(11-12)18(23-27-16)20(26)24-8-5-14(6-9-24)17(22-13(2)25)19-21-7-10-28-19/h7,10,12,14,17H,3-6,8-9,11H2,1-2H3,(H,22,25). The molecule has 4 rings (SSSR count). The van der Waals surface area contributed by atoms with Crippen LogP contribution in [0.3, 0.4) is 0 Å². The van der Waals surface area contributed by atoms with Gasteiger partial charge in [0, 0.05) is 43.6 Å². The summed E-state index contributed by atoms with van der Waals surface area (Å²) in [5.74, 6) is 1.63. The van der Waals surface area contributed by atoms with E-state index in [0.29, 0.717) is 24.7 Å². The minimum Gasteiger partial charge on any atom is -0.360 e. The summed E-state index contributed by atoms with van der Waals surface area (Å²) in [5.41, 5.74) is 1.50. The Labute approximate surface area is 168 Å². The fourth-order valence-electron chi connectivity index (χ4n) is 4.32. The summed E-state index contributed by atoms with van der Waals surface area (Å²) in [5, 5.41) is 10.0. The molecular weight excluding hydrogens is 376 g/mol. The van der Waals surface area contributed by atoms with Gasteiger partial charge in [-0.1, -0.05) is 12.1 Å². The first-order valence-corrected chi connectivity index (χ1v) is 10.8. The molecule has 0 saturated carbocycles. The van der Waals surface area contributed by atoms with Crippen molar-refractivity contribution in [1.82, 2.24) is 20.4 Å². The Morgan fingerprint density at radius 2 is 2.11 bits per heavy atom. The minimum absolute atomic E-state index is 0.0251. The molecule has 1 fully saturated rings. The van der Waals surface area contributed by atoms with E-state index in [1.807, 2.05) is 10.3 Å². The molecule has 0 radical (unpaired) electrons. The van der Waals surface area contributed by atoms with E-state index >= 15 is 0 Å². The summed E-state index contributed by atoms with van der Waals surface area (Å²) in [6, 6.07) is -0.0876. The second kappa shape index (κ2) is 8.03. The Morgan fingerprint density at radius 3 is 2.79 bits per heavy atom. The minimum atomic E-state index is -0.0876. The lowest BCUT2D eigenvalue weighted by molar-refractivity contribution is -0.120. The van der Waals surface area contributed by atoms with Crippen molar-refractivity contribution in [1.29, 1.82) is 0 Å². The van der Waals surface area contributed by atoms with Gasteiger partial charge in [-0.25, -0.2) is 4.98 Å². The van der Waals surface area contributed by atoms with Gasteiger partial charge in [0.2, 0.25) is 5.91 Å². The van der Waals surface area contributed by atoms with E-state index in [4.69, 9.17) is 4.52 Å². The quantitative estimate of drug-likeness (QED) is 0.849. The number of piperidine rings is 1. The Bertz CT molecular complexity index is 840. The number of rotatable bonds is 4. The molecule has 2 unspecified atom stereocenters. The highest BCUT2D eigenvalue weighted by Gasteiger charge is 2.34. The van der Waals surface area contributed by atoms with Crippen LogP contribution in [0.25, 0.3) is 0 Å². The monoisotopic (exact) mass is 402 g/mol. The van der Waals surface area contributed by atoms with Gasteiger partial charge in [-0.05, 0) is 37.5 Å². The zero-order chi connectivity index (χ0) is 19.7. The molecule has 0 bridgehead atoms. The van der Waals surface area contributed by atoms with Crippen molar-refractivity contribution in [3.05, 3.63) is 33.6 Å². The molecule has 0 aromatic carbocycles. The Kier molecular flexibility index (Phi) is 5.48. The molecule has 28 heavy (non-hydrogen) atoms. The summed E-state index contributed by atoms with van der Waals surface area (Å²) in [6.07, 6.45) is 6.24. The van der Waals surface area contributed by atoms with Gasteiger partial charge in [-0.15, -0.1) is 11.3 Å². The van der Waals surface area contributed by atoms with Crippen molar-refractivity contribution < 1.29 is 14.1 Å². The van der Waals surface area contributed by atoms with Gasteiger partial charge in [-0.3, -0.25) is 9.59 Å². The van der Waals surface area contributed by atoms with Crippen LogP contribution in [0, 0.1) is 11.8 Å². The van der Waals surface area contributed by atoms with Crippen LogP contribution in [0.5, 0.6) is 0 Å². The highest BCUT2D eigenvalue weighted by atomic mass is 32.1. The van der Waals surface area contributed by atoms with Crippen molar-refractivity contribution in [3.63, 3.8) is 0 Å². The lowest BCUT2D eigenvalue weighted by atomic mass is 9.87. The Balaban J connectivity index is 1.43.